The summed E-state index contributed by atoms with van der Waals surface area (Å²) in [5, 5.41) is 3.60. The maximum Gasteiger partial charge on any atom is 0.252 e. The molecular weight excluding hydrogens is 498 g/mol. The number of methoxy groups -OCH3 is 2. The van der Waals surface area contributed by atoms with Gasteiger partial charge in [-0.25, -0.2) is 0 Å². The number of para-hydroxylation sites is 1. The molecule has 1 N–H and O–H groups in total. The summed E-state index contributed by atoms with van der Waals surface area (Å²) in [6.45, 7) is 0.643. The predicted octanol–water partition coefficient (Wildman–Crippen LogP) is 4.88. The van der Waals surface area contributed by atoms with Gasteiger partial charge in [0.25, 0.3) is 5.91 Å². The topological polar surface area (TPSA) is 71.1 Å². The number of rotatable bonds is 9. The van der Waals surface area contributed by atoms with Crippen LogP contribution in [0.1, 0.15) is 17.5 Å². The van der Waals surface area contributed by atoms with Crippen molar-refractivity contribution in [3.05, 3.63) is 88.9 Å². The summed E-state index contributed by atoms with van der Waals surface area (Å²) >= 11 is 11.9. The van der Waals surface area contributed by atoms with E-state index in [0.29, 0.717) is 40.4 Å². The van der Waals surface area contributed by atoms with E-state index in [4.69, 9.17) is 33.3 Å². The number of halogens is 1. The van der Waals surface area contributed by atoms with Gasteiger partial charge in [-0.1, -0.05) is 60.1 Å². The molecule has 0 aliphatic carbocycles. The van der Waals surface area contributed by atoms with Crippen molar-refractivity contribution >= 4 is 46.4 Å². The Kier molecular flexibility index (Phi) is 8.07. The molecule has 0 saturated carbocycles. The van der Waals surface area contributed by atoms with Crippen molar-refractivity contribution in [2.45, 2.75) is 25.6 Å². The molecule has 36 heavy (non-hydrogen) atoms. The maximum absolute atomic E-state index is 13.5. The number of benzene rings is 3. The van der Waals surface area contributed by atoms with Crippen LogP contribution in [0.25, 0.3) is 0 Å². The van der Waals surface area contributed by atoms with Gasteiger partial charge in [0.15, 0.2) is 16.6 Å². The van der Waals surface area contributed by atoms with Gasteiger partial charge in [0.2, 0.25) is 5.91 Å². The third-order valence-electron chi connectivity index (χ3n) is 5.91. The molecule has 186 valence electrons. The molecular formula is C27H26ClN3O4S. The Morgan fingerprint density at radius 2 is 1.64 bits per heavy atom. The highest BCUT2D eigenvalue weighted by atomic mass is 35.5. The summed E-state index contributed by atoms with van der Waals surface area (Å²) in [4.78, 5) is 29.9. The summed E-state index contributed by atoms with van der Waals surface area (Å²) < 4.78 is 10.8. The summed E-state index contributed by atoms with van der Waals surface area (Å²) in [7, 11) is 3.13. The number of hydrogen-bond acceptors (Lipinski definition) is 5. The number of carbonyl (C=O) groups is 2. The van der Waals surface area contributed by atoms with Crippen molar-refractivity contribution in [3.63, 3.8) is 0 Å². The normalized spacial score (nSPS) is 15.2. The van der Waals surface area contributed by atoms with Crippen molar-refractivity contribution < 1.29 is 19.1 Å². The first-order valence-corrected chi connectivity index (χ1v) is 12.1. The molecule has 1 aliphatic heterocycles. The van der Waals surface area contributed by atoms with Crippen LogP contribution >= 0.6 is 23.8 Å². The lowest BCUT2D eigenvalue weighted by molar-refractivity contribution is -0.131. The van der Waals surface area contributed by atoms with Crippen molar-refractivity contribution in [2.24, 2.45) is 0 Å². The van der Waals surface area contributed by atoms with Crippen LogP contribution in [0.5, 0.6) is 11.5 Å². The van der Waals surface area contributed by atoms with E-state index in [2.05, 4.69) is 5.32 Å². The molecule has 0 unspecified atom stereocenters. The first-order valence-electron chi connectivity index (χ1n) is 11.3. The number of amides is 2. The average molecular weight is 524 g/mol. The molecule has 4 rings (SSSR count). The fraction of sp³-hybridized carbons (Fsp3) is 0.222. The fourth-order valence-corrected chi connectivity index (χ4v) is 4.63. The fourth-order valence-electron chi connectivity index (χ4n) is 4.10. The van der Waals surface area contributed by atoms with Gasteiger partial charge in [-0.3, -0.25) is 14.5 Å². The second kappa shape index (κ2) is 11.4. The van der Waals surface area contributed by atoms with Crippen LogP contribution in [0.2, 0.25) is 5.02 Å². The zero-order valence-corrected chi connectivity index (χ0v) is 21.5. The predicted molar refractivity (Wildman–Crippen MR) is 143 cm³/mol. The first kappa shape index (κ1) is 25.5. The molecule has 7 nitrogen and oxygen atoms in total. The lowest BCUT2D eigenvalue weighted by Gasteiger charge is -2.24. The second-order valence-electron chi connectivity index (χ2n) is 8.26. The van der Waals surface area contributed by atoms with Gasteiger partial charge in [0, 0.05) is 6.54 Å². The number of anilines is 1. The van der Waals surface area contributed by atoms with E-state index < -0.39 is 6.04 Å². The molecule has 0 radical (unpaired) electrons. The Labute approximate surface area is 220 Å². The van der Waals surface area contributed by atoms with Crippen LogP contribution in [0.4, 0.5) is 5.69 Å². The van der Waals surface area contributed by atoms with E-state index in [1.165, 1.54) is 0 Å². The Balaban J connectivity index is 1.59. The minimum absolute atomic E-state index is 0.0806. The molecule has 9 heteroatoms. The first-order chi connectivity index (χ1) is 17.4. The van der Waals surface area contributed by atoms with Gasteiger partial charge in [0.1, 0.15) is 6.04 Å². The van der Waals surface area contributed by atoms with E-state index in [9.17, 15) is 9.59 Å². The third-order valence-corrected chi connectivity index (χ3v) is 6.70. The van der Waals surface area contributed by atoms with Crippen LogP contribution in [0.15, 0.2) is 72.8 Å². The molecule has 2 amide bonds. The van der Waals surface area contributed by atoms with Gasteiger partial charge >= 0.3 is 0 Å². The molecule has 1 saturated heterocycles. The summed E-state index contributed by atoms with van der Waals surface area (Å²) in [5.74, 6) is 0.616. The largest absolute Gasteiger partial charge is 0.493 e. The van der Waals surface area contributed by atoms with Crippen molar-refractivity contribution in [3.8, 4) is 11.5 Å². The van der Waals surface area contributed by atoms with Crippen LogP contribution in [-0.2, 0) is 22.7 Å². The Hall–Kier alpha value is -3.62. The van der Waals surface area contributed by atoms with Crippen LogP contribution in [0.3, 0.4) is 0 Å². The van der Waals surface area contributed by atoms with Crippen LogP contribution < -0.4 is 14.8 Å². The lowest BCUT2D eigenvalue weighted by Crippen LogP contribution is -2.37. The zero-order chi connectivity index (χ0) is 25.7. The van der Waals surface area contributed by atoms with E-state index >= 15 is 0 Å². The summed E-state index contributed by atoms with van der Waals surface area (Å²) in [6, 6.07) is 21.3. The van der Waals surface area contributed by atoms with E-state index in [1.54, 1.807) is 54.4 Å². The molecule has 1 aliphatic rings. The number of nitrogens with zero attached hydrogens (tertiary/aromatic N) is 2. The zero-order valence-electron chi connectivity index (χ0n) is 19.9. The molecule has 3 aromatic carbocycles. The van der Waals surface area contributed by atoms with Crippen molar-refractivity contribution in [1.82, 2.24) is 9.80 Å². The Morgan fingerprint density at radius 1 is 0.944 bits per heavy atom. The molecule has 0 bridgehead atoms. The molecule has 3 aromatic rings. The van der Waals surface area contributed by atoms with Gasteiger partial charge in [0.05, 0.1) is 37.9 Å². The Bertz CT molecular complexity index is 1270. The van der Waals surface area contributed by atoms with Crippen LogP contribution in [0, 0.1) is 0 Å². The molecule has 1 fully saturated rings. The van der Waals surface area contributed by atoms with Gasteiger partial charge in [-0.05, 0) is 47.6 Å². The maximum atomic E-state index is 13.5. The van der Waals surface area contributed by atoms with Crippen molar-refractivity contribution in [1.29, 1.82) is 0 Å². The van der Waals surface area contributed by atoms with Gasteiger partial charge in [-0.15, -0.1) is 0 Å². The molecule has 1 atom stereocenters. The molecule has 0 aromatic heterocycles. The van der Waals surface area contributed by atoms with E-state index in [-0.39, 0.29) is 18.2 Å². The molecule has 1 heterocycles. The van der Waals surface area contributed by atoms with Gasteiger partial charge < -0.3 is 19.7 Å². The standard InChI is InChI=1S/C27H26ClN3O4S/c1-34-23-13-12-19(14-24(23)35-2)17-30-22(15-25(32)29-21-11-7-6-10-20(21)28)26(33)31(27(30)36)16-18-8-4-3-5-9-18/h3-14,22H,15-17H2,1-2H3,(H,29,32)/t22-/m0/s1. The number of carbonyl (C=O) groups excluding carboxylic acids is 2. The minimum atomic E-state index is -0.767. The monoisotopic (exact) mass is 523 g/mol. The van der Waals surface area contributed by atoms with Crippen LogP contribution in [-0.4, -0.2) is 47.0 Å². The smallest absolute Gasteiger partial charge is 0.252 e. The Morgan fingerprint density at radius 3 is 2.33 bits per heavy atom. The number of hydrogen-bond donors (Lipinski definition) is 1. The van der Waals surface area contributed by atoms with E-state index in [0.717, 1.165) is 11.1 Å². The second-order valence-corrected chi connectivity index (χ2v) is 9.03. The number of thiocarbonyl (C=S) groups is 1. The minimum Gasteiger partial charge on any atom is -0.493 e. The van der Waals surface area contributed by atoms with E-state index in [1.807, 2.05) is 42.5 Å². The lowest BCUT2D eigenvalue weighted by atomic mass is 10.1. The SMILES string of the molecule is COc1ccc(CN2C(=S)N(Cc3ccccc3)C(=O)[C@@H]2CC(=O)Nc2ccccc2Cl)cc1OC. The quantitative estimate of drug-likeness (QED) is 0.403. The summed E-state index contributed by atoms with van der Waals surface area (Å²) in [5.41, 5.74) is 2.30. The highest BCUT2D eigenvalue weighted by Gasteiger charge is 2.43. The summed E-state index contributed by atoms with van der Waals surface area (Å²) in [6.07, 6.45) is -0.0806. The average Bonchev–Trinajstić information content (AvgIpc) is 3.09. The molecule has 0 spiro atoms. The number of nitrogens with one attached hydrogen (secondary N) is 1. The number of ether oxygens (including phenoxy) is 2. The third kappa shape index (κ3) is 5.61. The highest BCUT2D eigenvalue weighted by molar-refractivity contribution is 7.80. The highest BCUT2D eigenvalue weighted by Crippen LogP contribution is 2.31. The van der Waals surface area contributed by atoms with Crippen molar-refractivity contribution in [2.75, 3.05) is 19.5 Å². The van der Waals surface area contributed by atoms with Gasteiger partial charge in [-0.2, -0.15) is 0 Å².